The second-order valence-electron chi connectivity index (χ2n) is 7.49. The smallest absolute Gasteiger partial charge is 0.311 e. The highest BCUT2D eigenvalue weighted by Gasteiger charge is 2.50. The molecule has 2 saturated heterocycles. The van der Waals surface area contributed by atoms with Crippen LogP contribution in [0.15, 0.2) is 48.7 Å². The highest BCUT2D eigenvalue weighted by Crippen LogP contribution is 2.35. The number of imide groups is 1. The molecular weight excluding hydrogens is 386 g/mol. The quantitative estimate of drug-likeness (QED) is 0.804. The first-order chi connectivity index (χ1) is 14.0. The van der Waals surface area contributed by atoms with Crippen LogP contribution in [-0.4, -0.2) is 52.4 Å². The molecule has 2 aliphatic rings. The lowest BCUT2D eigenvalue weighted by Gasteiger charge is -2.50. The van der Waals surface area contributed by atoms with Gasteiger partial charge in [-0.25, -0.2) is 4.79 Å². The fourth-order valence-corrected chi connectivity index (χ4v) is 5.13. The molecule has 152 valence electrons. The zero-order chi connectivity index (χ0) is 20.5. The van der Waals surface area contributed by atoms with Gasteiger partial charge in [-0.05, 0) is 24.6 Å². The number of nitrogens with one attached hydrogen (secondary N) is 2. The van der Waals surface area contributed by atoms with Crippen LogP contribution < -0.4 is 10.6 Å². The minimum Gasteiger partial charge on any atom is -0.311 e. The molecule has 3 amide bonds. The first-order valence-corrected chi connectivity index (χ1v) is 10.6. The first-order valence-electron chi connectivity index (χ1n) is 9.60. The number of pyridine rings is 1. The zero-order valence-electron chi connectivity index (χ0n) is 16.7. The van der Waals surface area contributed by atoms with Crippen molar-refractivity contribution in [2.75, 3.05) is 14.1 Å². The van der Waals surface area contributed by atoms with Crippen molar-refractivity contribution in [3.05, 3.63) is 65.5 Å². The number of rotatable bonds is 4. The maximum absolute atomic E-state index is 13.0. The van der Waals surface area contributed by atoms with Gasteiger partial charge in [-0.1, -0.05) is 35.9 Å². The van der Waals surface area contributed by atoms with Crippen LogP contribution in [0.1, 0.15) is 23.0 Å². The van der Waals surface area contributed by atoms with Gasteiger partial charge in [0.05, 0.1) is 29.3 Å². The van der Waals surface area contributed by atoms with Crippen LogP contribution >= 0.6 is 11.8 Å². The number of aromatic nitrogens is 1. The topological polar surface area (TPSA) is 77.6 Å². The Morgan fingerprint density at radius 3 is 2.66 bits per heavy atom. The fraction of sp³-hybridized carbons (Fsp3) is 0.381. The van der Waals surface area contributed by atoms with Crippen LogP contribution in [0, 0.1) is 12.8 Å². The van der Waals surface area contributed by atoms with Crippen LogP contribution in [0.2, 0.25) is 0 Å². The van der Waals surface area contributed by atoms with Gasteiger partial charge in [0.2, 0.25) is 5.91 Å². The van der Waals surface area contributed by atoms with Gasteiger partial charge in [0, 0.05) is 26.0 Å². The Balaban J connectivity index is 1.63. The number of amides is 3. The Bertz CT molecular complexity index is 909. The molecule has 7 nitrogen and oxygen atoms in total. The molecule has 0 bridgehead atoms. The van der Waals surface area contributed by atoms with Crippen molar-refractivity contribution in [3.63, 3.8) is 0 Å². The summed E-state index contributed by atoms with van der Waals surface area (Å²) in [6, 6.07) is 13.8. The predicted molar refractivity (Wildman–Crippen MR) is 113 cm³/mol. The van der Waals surface area contributed by atoms with E-state index in [0.717, 1.165) is 16.8 Å². The van der Waals surface area contributed by atoms with E-state index in [2.05, 4.69) is 40.7 Å². The van der Waals surface area contributed by atoms with Gasteiger partial charge in [-0.15, -0.1) is 11.8 Å². The maximum Gasteiger partial charge on any atom is 0.327 e. The van der Waals surface area contributed by atoms with Crippen molar-refractivity contribution in [1.82, 2.24) is 25.4 Å². The molecule has 1 aromatic carbocycles. The number of aryl methyl sites for hydroxylation is 1. The van der Waals surface area contributed by atoms with Crippen molar-refractivity contribution >= 4 is 23.7 Å². The summed E-state index contributed by atoms with van der Waals surface area (Å²) in [6.45, 7) is 2.05. The molecule has 8 heteroatoms. The van der Waals surface area contributed by atoms with Gasteiger partial charge in [0.15, 0.2) is 0 Å². The molecule has 2 aromatic rings. The number of nitrogens with zero attached hydrogens (tertiary/aromatic N) is 3. The zero-order valence-corrected chi connectivity index (χ0v) is 17.5. The highest BCUT2D eigenvalue weighted by molar-refractivity contribution is 7.99. The molecule has 3 heterocycles. The molecule has 2 N–H and O–H groups in total. The Hall–Kier alpha value is -2.42. The molecule has 29 heavy (non-hydrogen) atoms. The Morgan fingerprint density at radius 2 is 1.93 bits per heavy atom. The summed E-state index contributed by atoms with van der Waals surface area (Å²) in [5.74, 6) is 0.119. The number of hydrogen-bond acceptors (Lipinski definition) is 6. The number of urea groups is 1. The Kier molecular flexibility index (Phi) is 5.58. The van der Waals surface area contributed by atoms with Gasteiger partial charge < -0.3 is 4.90 Å². The van der Waals surface area contributed by atoms with Gasteiger partial charge in [-0.3, -0.25) is 25.3 Å². The summed E-state index contributed by atoms with van der Waals surface area (Å²) in [5.41, 5.74) is 3.21. The standard InChI is InChI=1S/C21H25N5O2S/c1-13-7-6-8-14(11-13)17-23-18-16(20(27)26(3)21(28)25(18)2)19(24-17)29-12-15-9-4-5-10-22-15/h4-11,16-19,23-24H,12H2,1-3H3. The lowest BCUT2D eigenvalue weighted by Crippen LogP contribution is -2.72. The van der Waals surface area contributed by atoms with Crippen molar-refractivity contribution in [2.45, 2.75) is 30.4 Å². The maximum atomic E-state index is 13.0. The van der Waals surface area contributed by atoms with Crippen molar-refractivity contribution < 1.29 is 9.59 Å². The third kappa shape index (κ3) is 3.88. The monoisotopic (exact) mass is 411 g/mol. The van der Waals surface area contributed by atoms with Crippen molar-refractivity contribution in [1.29, 1.82) is 0 Å². The van der Waals surface area contributed by atoms with E-state index < -0.39 is 5.92 Å². The molecule has 4 atom stereocenters. The molecule has 0 aliphatic carbocycles. The van der Waals surface area contributed by atoms with Gasteiger partial charge in [0.1, 0.15) is 0 Å². The van der Waals surface area contributed by atoms with Gasteiger partial charge in [0.25, 0.3) is 0 Å². The van der Waals surface area contributed by atoms with E-state index in [1.54, 1.807) is 37.0 Å². The predicted octanol–water partition coefficient (Wildman–Crippen LogP) is 2.31. The second-order valence-corrected chi connectivity index (χ2v) is 8.62. The fourth-order valence-electron chi connectivity index (χ4n) is 3.90. The first kappa shape index (κ1) is 19.9. The molecule has 4 rings (SSSR count). The number of fused-ring (bicyclic) bond motifs is 1. The number of benzene rings is 1. The number of hydrogen-bond donors (Lipinski definition) is 2. The van der Waals surface area contributed by atoms with E-state index >= 15 is 0 Å². The molecule has 0 spiro atoms. The van der Waals surface area contributed by atoms with Gasteiger partial charge >= 0.3 is 6.03 Å². The molecule has 2 fully saturated rings. The number of thioether (sulfide) groups is 1. The lowest BCUT2D eigenvalue weighted by atomic mass is 9.95. The third-order valence-electron chi connectivity index (χ3n) is 5.47. The summed E-state index contributed by atoms with van der Waals surface area (Å²) in [4.78, 5) is 32.8. The van der Waals surface area contributed by atoms with Crippen LogP contribution in [0.25, 0.3) is 0 Å². The molecule has 4 unspecified atom stereocenters. The molecular formula is C21H25N5O2S. The molecule has 0 radical (unpaired) electrons. The number of carbonyl (C=O) groups excluding carboxylic acids is 2. The third-order valence-corrected chi connectivity index (χ3v) is 6.72. The van der Waals surface area contributed by atoms with Crippen molar-refractivity contribution in [3.8, 4) is 0 Å². The van der Waals surface area contributed by atoms with Gasteiger partial charge in [-0.2, -0.15) is 0 Å². The lowest BCUT2D eigenvalue weighted by molar-refractivity contribution is -0.140. The Morgan fingerprint density at radius 1 is 1.10 bits per heavy atom. The van der Waals surface area contributed by atoms with E-state index in [0.29, 0.717) is 5.75 Å². The van der Waals surface area contributed by atoms with E-state index in [9.17, 15) is 9.59 Å². The average molecular weight is 412 g/mol. The molecule has 0 saturated carbocycles. The van der Waals surface area contributed by atoms with Crippen LogP contribution in [-0.2, 0) is 10.5 Å². The molecule has 1 aromatic heterocycles. The van der Waals surface area contributed by atoms with Crippen molar-refractivity contribution in [2.24, 2.45) is 5.92 Å². The minimum atomic E-state index is -0.391. The summed E-state index contributed by atoms with van der Waals surface area (Å²) < 4.78 is 0. The molecule has 2 aliphatic heterocycles. The summed E-state index contributed by atoms with van der Waals surface area (Å²) in [6.07, 6.45) is 1.24. The van der Waals surface area contributed by atoms with E-state index in [4.69, 9.17) is 0 Å². The van der Waals surface area contributed by atoms with Crippen LogP contribution in [0.3, 0.4) is 0 Å². The highest BCUT2D eigenvalue weighted by atomic mass is 32.2. The van der Waals surface area contributed by atoms with E-state index in [-0.39, 0.29) is 29.6 Å². The normalized spacial score (nSPS) is 27.1. The minimum absolute atomic E-state index is 0.163. The summed E-state index contributed by atoms with van der Waals surface area (Å²) in [7, 11) is 3.29. The van der Waals surface area contributed by atoms with Crippen LogP contribution in [0.4, 0.5) is 4.79 Å². The summed E-state index contributed by atoms with van der Waals surface area (Å²) >= 11 is 1.65. The van der Waals surface area contributed by atoms with Crippen LogP contribution in [0.5, 0.6) is 0 Å². The second kappa shape index (κ2) is 8.14. The van der Waals surface area contributed by atoms with E-state index in [1.807, 2.05) is 24.3 Å². The van der Waals surface area contributed by atoms with E-state index in [1.165, 1.54) is 4.90 Å². The summed E-state index contributed by atoms with van der Waals surface area (Å²) in [5, 5.41) is 6.90. The number of carbonyl (C=O) groups is 2. The SMILES string of the molecule is Cc1cccc(C2NC(SCc3ccccn3)C3C(=O)N(C)C(=O)N(C)C3N2)c1. The average Bonchev–Trinajstić information content (AvgIpc) is 2.74. The Labute approximate surface area is 174 Å². The largest absolute Gasteiger partial charge is 0.327 e.